The van der Waals surface area contributed by atoms with Crippen LogP contribution in [0.25, 0.3) is 11.4 Å². The number of hydrogen-bond donors (Lipinski definition) is 2. The number of hydrogen-bond acceptors (Lipinski definition) is 4. The Morgan fingerprint density at radius 1 is 1.12 bits per heavy atom. The largest absolute Gasteiger partial charge is 0.398 e. The van der Waals surface area contributed by atoms with Crippen molar-refractivity contribution in [3.05, 3.63) is 71.3 Å². The van der Waals surface area contributed by atoms with Crippen LogP contribution in [-0.2, 0) is 0 Å². The number of carbonyl (C=O) groups excluding carboxylic acids is 1. The summed E-state index contributed by atoms with van der Waals surface area (Å²) in [6, 6.07) is 11.3. The maximum atomic E-state index is 13.5. The van der Waals surface area contributed by atoms with E-state index in [4.69, 9.17) is 5.73 Å². The summed E-state index contributed by atoms with van der Waals surface area (Å²) in [4.78, 5) is 20.9. The van der Waals surface area contributed by atoms with E-state index >= 15 is 0 Å². The molecule has 0 aliphatic heterocycles. The van der Waals surface area contributed by atoms with Crippen molar-refractivity contribution in [2.45, 2.75) is 13.8 Å². The summed E-state index contributed by atoms with van der Waals surface area (Å²) in [5.74, 6) is -0.341. The molecule has 0 unspecified atom stereocenters. The van der Waals surface area contributed by atoms with Gasteiger partial charge >= 0.3 is 0 Å². The van der Waals surface area contributed by atoms with Gasteiger partial charge in [-0.05, 0) is 61.9 Å². The minimum Gasteiger partial charge on any atom is -0.398 e. The Hall–Kier alpha value is -3.28. The first-order valence-corrected chi connectivity index (χ1v) is 7.71. The van der Waals surface area contributed by atoms with Crippen LogP contribution in [0.5, 0.6) is 0 Å². The fourth-order valence-electron chi connectivity index (χ4n) is 2.43. The van der Waals surface area contributed by atoms with Crippen LogP contribution in [0.2, 0.25) is 0 Å². The Morgan fingerprint density at radius 2 is 1.84 bits per heavy atom. The zero-order chi connectivity index (χ0) is 18.0. The van der Waals surface area contributed by atoms with Gasteiger partial charge in [0.15, 0.2) is 5.82 Å². The molecule has 0 aliphatic carbocycles. The van der Waals surface area contributed by atoms with Gasteiger partial charge in [0.1, 0.15) is 5.82 Å². The van der Waals surface area contributed by atoms with Crippen LogP contribution < -0.4 is 11.1 Å². The molecule has 0 saturated heterocycles. The predicted molar refractivity (Wildman–Crippen MR) is 95.7 cm³/mol. The lowest BCUT2D eigenvalue weighted by molar-refractivity contribution is 0.102. The first-order valence-electron chi connectivity index (χ1n) is 7.71. The van der Waals surface area contributed by atoms with Gasteiger partial charge in [-0.25, -0.2) is 14.4 Å². The molecule has 0 bridgehead atoms. The number of benzene rings is 2. The molecule has 0 aliphatic rings. The number of amides is 1. The molecule has 0 spiro atoms. The van der Waals surface area contributed by atoms with E-state index in [-0.39, 0.29) is 11.3 Å². The van der Waals surface area contributed by atoms with E-state index in [1.807, 2.05) is 25.1 Å². The lowest BCUT2D eigenvalue weighted by Gasteiger charge is -2.10. The Balaban J connectivity index is 1.81. The molecular formula is C19H17FN4O. The summed E-state index contributed by atoms with van der Waals surface area (Å²) >= 11 is 0. The van der Waals surface area contributed by atoms with Crippen LogP contribution >= 0.6 is 0 Å². The molecule has 6 heteroatoms. The maximum absolute atomic E-state index is 13.5. The van der Waals surface area contributed by atoms with E-state index < -0.39 is 11.7 Å². The van der Waals surface area contributed by atoms with Crippen molar-refractivity contribution >= 4 is 17.3 Å². The van der Waals surface area contributed by atoms with Crippen LogP contribution in [0.15, 0.2) is 48.7 Å². The highest BCUT2D eigenvalue weighted by molar-refractivity contribution is 6.08. The lowest BCUT2D eigenvalue weighted by atomic mass is 10.1. The van der Waals surface area contributed by atoms with E-state index in [9.17, 15) is 9.18 Å². The summed E-state index contributed by atoms with van der Waals surface area (Å²) in [5.41, 5.74) is 9.07. The molecule has 5 nitrogen and oxygen atoms in total. The molecule has 1 aromatic heterocycles. The highest BCUT2D eigenvalue weighted by Gasteiger charge is 2.14. The highest BCUT2D eigenvalue weighted by atomic mass is 19.1. The van der Waals surface area contributed by atoms with Gasteiger partial charge in [-0.2, -0.15) is 0 Å². The third kappa shape index (κ3) is 3.63. The summed E-state index contributed by atoms with van der Waals surface area (Å²) < 4.78 is 13.5. The number of nitrogens with zero attached hydrogens (tertiary/aromatic N) is 2. The van der Waals surface area contributed by atoms with Gasteiger partial charge in [0.2, 0.25) is 0 Å². The normalized spacial score (nSPS) is 10.5. The second-order valence-corrected chi connectivity index (χ2v) is 5.74. The maximum Gasteiger partial charge on any atom is 0.257 e. The summed E-state index contributed by atoms with van der Waals surface area (Å²) in [6.45, 7) is 3.55. The van der Waals surface area contributed by atoms with Crippen molar-refractivity contribution < 1.29 is 9.18 Å². The number of halogens is 1. The van der Waals surface area contributed by atoms with E-state index in [1.54, 1.807) is 25.3 Å². The van der Waals surface area contributed by atoms with E-state index in [2.05, 4.69) is 15.3 Å². The molecule has 1 heterocycles. The zero-order valence-electron chi connectivity index (χ0n) is 13.9. The number of nitrogens with one attached hydrogen (secondary N) is 1. The van der Waals surface area contributed by atoms with Crippen LogP contribution in [-0.4, -0.2) is 15.9 Å². The average molecular weight is 336 g/mol. The van der Waals surface area contributed by atoms with Gasteiger partial charge in [0, 0.05) is 28.8 Å². The summed E-state index contributed by atoms with van der Waals surface area (Å²) in [6.07, 6.45) is 1.70. The predicted octanol–water partition coefficient (Wildman–Crippen LogP) is 3.73. The summed E-state index contributed by atoms with van der Waals surface area (Å²) in [5, 5.41) is 2.72. The minimum atomic E-state index is -0.496. The van der Waals surface area contributed by atoms with Crippen molar-refractivity contribution in [3.8, 4) is 11.4 Å². The Bertz CT molecular complexity index is 939. The fraction of sp³-hybridized carbons (Fsp3) is 0.105. The van der Waals surface area contributed by atoms with E-state index in [0.717, 1.165) is 17.3 Å². The van der Waals surface area contributed by atoms with Crippen LogP contribution in [0.3, 0.4) is 0 Å². The van der Waals surface area contributed by atoms with E-state index in [0.29, 0.717) is 17.1 Å². The standard InChI is InChI=1S/C19H17FN4O/c1-11-9-14(20)10-16(17(11)21)19(25)24-15-5-3-13(4-6-15)18-22-8-7-12(2)23-18/h3-10H,21H2,1-2H3,(H,24,25). The molecule has 0 saturated carbocycles. The quantitative estimate of drug-likeness (QED) is 0.714. The molecule has 25 heavy (non-hydrogen) atoms. The number of carbonyl (C=O) groups is 1. The highest BCUT2D eigenvalue weighted by Crippen LogP contribution is 2.22. The SMILES string of the molecule is Cc1ccnc(-c2ccc(NC(=O)c3cc(F)cc(C)c3N)cc2)n1. The number of rotatable bonds is 3. The third-order valence-electron chi connectivity index (χ3n) is 3.79. The number of nitrogens with two attached hydrogens (primary N) is 1. The van der Waals surface area contributed by atoms with Gasteiger partial charge in [0.25, 0.3) is 5.91 Å². The molecular weight excluding hydrogens is 319 g/mol. The fourth-order valence-corrected chi connectivity index (χ4v) is 2.43. The number of anilines is 2. The molecule has 0 fully saturated rings. The van der Waals surface area contributed by atoms with Gasteiger partial charge in [0.05, 0.1) is 5.56 Å². The van der Waals surface area contributed by atoms with Gasteiger partial charge in [-0.15, -0.1) is 0 Å². The number of nitrogen functional groups attached to an aromatic ring is 1. The Morgan fingerprint density at radius 3 is 2.52 bits per heavy atom. The molecule has 0 atom stereocenters. The van der Waals surface area contributed by atoms with Crippen LogP contribution in [0.1, 0.15) is 21.6 Å². The number of aryl methyl sites for hydroxylation is 2. The van der Waals surface area contributed by atoms with Crippen LogP contribution in [0.4, 0.5) is 15.8 Å². The molecule has 3 aromatic rings. The lowest BCUT2D eigenvalue weighted by Crippen LogP contribution is -2.15. The smallest absolute Gasteiger partial charge is 0.257 e. The van der Waals surface area contributed by atoms with E-state index in [1.165, 1.54) is 6.07 Å². The molecule has 2 aromatic carbocycles. The van der Waals surface area contributed by atoms with Crippen molar-refractivity contribution in [1.29, 1.82) is 0 Å². The number of aromatic nitrogens is 2. The second kappa shape index (κ2) is 6.68. The average Bonchev–Trinajstić information content (AvgIpc) is 2.58. The van der Waals surface area contributed by atoms with Crippen LogP contribution in [0, 0.1) is 19.7 Å². The first kappa shape index (κ1) is 16.6. The molecule has 0 radical (unpaired) electrons. The van der Waals surface area contributed by atoms with Gasteiger partial charge in [-0.1, -0.05) is 0 Å². The van der Waals surface area contributed by atoms with Crippen molar-refractivity contribution in [2.24, 2.45) is 0 Å². The monoisotopic (exact) mass is 336 g/mol. The van der Waals surface area contributed by atoms with Gasteiger partial charge < -0.3 is 11.1 Å². The van der Waals surface area contributed by atoms with Crippen molar-refractivity contribution in [1.82, 2.24) is 9.97 Å². The third-order valence-corrected chi connectivity index (χ3v) is 3.79. The molecule has 126 valence electrons. The second-order valence-electron chi connectivity index (χ2n) is 5.74. The summed E-state index contributed by atoms with van der Waals surface area (Å²) in [7, 11) is 0. The molecule has 3 N–H and O–H groups in total. The van der Waals surface area contributed by atoms with Crippen molar-refractivity contribution in [2.75, 3.05) is 11.1 Å². The molecule has 1 amide bonds. The first-order chi connectivity index (χ1) is 11.9. The Labute approximate surface area is 144 Å². The van der Waals surface area contributed by atoms with Crippen molar-refractivity contribution in [3.63, 3.8) is 0 Å². The minimum absolute atomic E-state index is 0.114. The molecule has 3 rings (SSSR count). The zero-order valence-corrected chi connectivity index (χ0v) is 13.9. The Kier molecular flexibility index (Phi) is 4.43. The van der Waals surface area contributed by atoms with Gasteiger partial charge in [-0.3, -0.25) is 4.79 Å². The topological polar surface area (TPSA) is 80.9 Å².